The van der Waals surface area contributed by atoms with Crippen molar-refractivity contribution in [2.24, 2.45) is 0 Å². The van der Waals surface area contributed by atoms with Crippen LogP contribution < -0.4 is 10.2 Å². The van der Waals surface area contributed by atoms with Gasteiger partial charge in [0.2, 0.25) is 17.2 Å². The van der Waals surface area contributed by atoms with Crippen LogP contribution in [0.15, 0.2) is 24.3 Å². The first-order valence-electron chi connectivity index (χ1n) is 6.25. The van der Waals surface area contributed by atoms with Crippen LogP contribution in [0.3, 0.4) is 0 Å². The van der Waals surface area contributed by atoms with Crippen molar-refractivity contribution in [2.45, 2.75) is 13.3 Å². The third-order valence-corrected chi connectivity index (χ3v) is 2.79. The molecule has 0 amide bonds. The van der Waals surface area contributed by atoms with E-state index in [9.17, 15) is 4.39 Å². The molecule has 0 spiro atoms. The molecule has 0 aliphatic rings. The van der Waals surface area contributed by atoms with Crippen molar-refractivity contribution in [3.8, 4) is 0 Å². The maximum atomic E-state index is 13.3. The summed E-state index contributed by atoms with van der Waals surface area (Å²) in [4.78, 5) is 14.0. The summed E-state index contributed by atoms with van der Waals surface area (Å²) >= 11 is 5.89. The zero-order valence-electron chi connectivity index (χ0n) is 11.3. The Hall–Kier alpha value is -1.95. The summed E-state index contributed by atoms with van der Waals surface area (Å²) in [6.45, 7) is 2.78. The predicted octanol–water partition coefficient (Wildman–Crippen LogP) is 3.25. The van der Waals surface area contributed by atoms with Crippen LogP contribution in [0.4, 0.5) is 22.0 Å². The minimum absolute atomic E-state index is 0.0943. The normalized spacial score (nSPS) is 10.4. The lowest BCUT2D eigenvalue weighted by atomic mass is 10.3. The quantitative estimate of drug-likeness (QED) is 0.917. The Morgan fingerprint density at radius 3 is 2.80 bits per heavy atom. The third-order valence-electron chi connectivity index (χ3n) is 2.62. The van der Waals surface area contributed by atoms with Crippen LogP contribution in [-0.4, -0.2) is 28.5 Å². The lowest BCUT2D eigenvalue weighted by molar-refractivity contribution is 0.628. The Morgan fingerprint density at radius 1 is 1.30 bits per heavy atom. The van der Waals surface area contributed by atoms with Gasteiger partial charge in [-0.25, -0.2) is 4.39 Å². The van der Waals surface area contributed by atoms with Crippen molar-refractivity contribution in [1.82, 2.24) is 15.0 Å². The molecule has 1 heterocycles. The predicted molar refractivity (Wildman–Crippen MR) is 78.1 cm³/mol. The summed E-state index contributed by atoms with van der Waals surface area (Å²) < 4.78 is 13.3. The smallest absolute Gasteiger partial charge is 0.235 e. The lowest BCUT2D eigenvalue weighted by Crippen LogP contribution is -2.16. The Balaban J connectivity index is 2.29. The van der Waals surface area contributed by atoms with Gasteiger partial charge < -0.3 is 10.2 Å². The monoisotopic (exact) mass is 295 g/mol. The van der Waals surface area contributed by atoms with E-state index in [0.29, 0.717) is 17.6 Å². The van der Waals surface area contributed by atoms with E-state index < -0.39 is 0 Å². The van der Waals surface area contributed by atoms with Gasteiger partial charge in [-0.1, -0.05) is 13.0 Å². The number of anilines is 3. The molecular weight excluding hydrogens is 281 g/mol. The number of hydrogen-bond donors (Lipinski definition) is 1. The zero-order chi connectivity index (χ0) is 14.5. The minimum Gasteiger partial charge on any atom is -0.354 e. The molecule has 20 heavy (non-hydrogen) atoms. The van der Waals surface area contributed by atoms with Crippen LogP contribution in [0.25, 0.3) is 0 Å². The molecule has 0 atom stereocenters. The highest BCUT2D eigenvalue weighted by molar-refractivity contribution is 6.28. The largest absolute Gasteiger partial charge is 0.354 e. The average molecular weight is 296 g/mol. The number of hydrogen-bond acceptors (Lipinski definition) is 5. The molecule has 1 aromatic carbocycles. The summed E-state index contributed by atoms with van der Waals surface area (Å²) in [5, 5.41) is 3.14. The molecule has 2 aromatic rings. The van der Waals surface area contributed by atoms with E-state index in [1.807, 2.05) is 6.92 Å². The van der Waals surface area contributed by atoms with Crippen molar-refractivity contribution in [1.29, 1.82) is 0 Å². The molecule has 106 valence electrons. The number of halogens is 2. The summed E-state index contributed by atoms with van der Waals surface area (Å²) in [6, 6.07) is 6.17. The highest BCUT2D eigenvalue weighted by atomic mass is 35.5. The van der Waals surface area contributed by atoms with Gasteiger partial charge in [0.25, 0.3) is 0 Å². The molecule has 7 heteroatoms. The van der Waals surface area contributed by atoms with Crippen LogP contribution in [0, 0.1) is 5.82 Å². The Bertz CT molecular complexity index is 593. The van der Waals surface area contributed by atoms with Gasteiger partial charge in [0.1, 0.15) is 5.82 Å². The molecule has 1 aromatic heterocycles. The maximum absolute atomic E-state index is 13.3. The topological polar surface area (TPSA) is 53.9 Å². The van der Waals surface area contributed by atoms with Crippen LogP contribution in [0.1, 0.15) is 13.3 Å². The van der Waals surface area contributed by atoms with Gasteiger partial charge in [0.05, 0.1) is 0 Å². The Kier molecular flexibility index (Phi) is 4.68. The zero-order valence-corrected chi connectivity index (χ0v) is 12.0. The van der Waals surface area contributed by atoms with Crippen molar-refractivity contribution >= 4 is 29.2 Å². The van der Waals surface area contributed by atoms with Crippen molar-refractivity contribution in [3.05, 3.63) is 35.4 Å². The first-order valence-corrected chi connectivity index (χ1v) is 6.62. The fourth-order valence-electron chi connectivity index (χ4n) is 1.61. The minimum atomic E-state index is -0.321. The molecule has 0 saturated carbocycles. The van der Waals surface area contributed by atoms with E-state index in [1.54, 1.807) is 24.1 Å². The van der Waals surface area contributed by atoms with E-state index in [0.717, 1.165) is 13.0 Å². The third kappa shape index (κ3) is 3.54. The molecule has 0 bridgehead atoms. The van der Waals surface area contributed by atoms with E-state index in [-0.39, 0.29) is 11.1 Å². The van der Waals surface area contributed by atoms with Gasteiger partial charge in [0, 0.05) is 19.3 Å². The number of nitrogens with zero attached hydrogens (tertiary/aromatic N) is 4. The molecule has 0 aliphatic heterocycles. The van der Waals surface area contributed by atoms with Gasteiger partial charge in [0.15, 0.2) is 0 Å². The molecule has 0 unspecified atom stereocenters. The molecule has 5 nitrogen and oxygen atoms in total. The van der Waals surface area contributed by atoms with E-state index in [4.69, 9.17) is 11.6 Å². The summed E-state index contributed by atoms with van der Waals surface area (Å²) in [5.74, 6) is 0.443. The second-order valence-corrected chi connectivity index (χ2v) is 4.53. The second kappa shape index (κ2) is 6.47. The summed E-state index contributed by atoms with van der Waals surface area (Å²) in [5.41, 5.74) is 0.633. The highest BCUT2D eigenvalue weighted by Gasteiger charge is 2.11. The van der Waals surface area contributed by atoms with E-state index >= 15 is 0 Å². The number of benzene rings is 1. The summed E-state index contributed by atoms with van der Waals surface area (Å²) in [7, 11) is 1.74. The number of rotatable bonds is 5. The van der Waals surface area contributed by atoms with Gasteiger partial charge in [-0.05, 0) is 36.2 Å². The molecular formula is C13H15ClFN5. The first-order chi connectivity index (χ1) is 9.60. The Morgan fingerprint density at radius 2 is 2.10 bits per heavy atom. The first kappa shape index (κ1) is 14.5. The Labute approximate surface area is 121 Å². The van der Waals surface area contributed by atoms with Crippen molar-refractivity contribution in [2.75, 3.05) is 23.8 Å². The fourth-order valence-corrected chi connectivity index (χ4v) is 1.76. The van der Waals surface area contributed by atoms with Gasteiger partial charge in [-0.3, -0.25) is 0 Å². The maximum Gasteiger partial charge on any atom is 0.235 e. The standard InChI is InChI=1S/C13H15ClFN5/c1-3-7-16-12-17-11(14)18-13(19-12)20(2)10-6-4-5-9(15)8-10/h4-6,8H,3,7H2,1-2H3,(H,16,17,18,19). The van der Waals surface area contributed by atoms with Crippen LogP contribution in [-0.2, 0) is 0 Å². The van der Waals surface area contributed by atoms with E-state index in [1.165, 1.54) is 12.1 Å². The van der Waals surface area contributed by atoms with Gasteiger partial charge >= 0.3 is 0 Å². The molecule has 0 aliphatic carbocycles. The SMILES string of the molecule is CCCNc1nc(Cl)nc(N(C)c2cccc(F)c2)n1. The van der Waals surface area contributed by atoms with Crippen LogP contribution >= 0.6 is 11.6 Å². The number of nitrogens with one attached hydrogen (secondary N) is 1. The second-order valence-electron chi connectivity index (χ2n) is 4.19. The average Bonchev–Trinajstić information content (AvgIpc) is 2.43. The van der Waals surface area contributed by atoms with Crippen LogP contribution in [0.2, 0.25) is 5.28 Å². The fraction of sp³-hybridized carbons (Fsp3) is 0.308. The molecule has 1 N–H and O–H groups in total. The summed E-state index contributed by atoms with van der Waals surface area (Å²) in [6.07, 6.45) is 0.943. The molecule has 0 fully saturated rings. The van der Waals surface area contributed by atoms with Gasteiger partial charge in [-0.15, -0.1) is 0 Å². The highest BCUT2D eigenvalue weighted by Crippen LogP contribution is 2.22. The molecule has 0 saturated heterocycles. The molecule has 0 radical (unpaired) electrons. The number of aromatic nitrogens is 3. The van der Waals surface area contributed by atoms with Crippen LogP contribution in [0.5, 0.6) is 0 Å². The van der Waals surface area contributed by atoms with Gasteiger partial charge in [-0.2, -0.15) is 15.0 Å². The molecule has 2 rings (SSSR count). The van der Waals surface area contributed by atoms with Crippen molar-refractivity contribution < 1.29 is 4.39 Å². The van der Waals surface area contributed by atoms with E-state index in [2.05, 4.69) is 20.3 Å². The lowest BCUT2D eigenvalue weighted by Gasteiger charge is -2.17. The van der Waals surface area contributed by atoms with Crippen molar-refractivity contribution in [3.63, 3.8) is 0 Å².